The molecule has 1 aromatic carbocycles. The van der Waals surface area contributed by atoms with Crippen LogP contribution in [0.4, 0.5) is 5.69 Å². The summed E-state index contributed by atoms with van der Waals surface area (Å²) in [7, 11) is 0. The van der Waals surface area contributed by atoms with Crippen molar-refractivity contribution in [3.63, 3.8) is 0 Å². The van der Waals surface area contributed by atoms with Gasteiger partial charge in [0.05, 0.1) is 0 Å². The Morgan fingerprint density at radius 3 is 2.50 bits per heavy atom. The Morgan fingerprint density at radius 2 is 1.90 bits per heavy atom. The van der Waals surface area contributed by atoms with Gasteiger partial charge >= 0.3 is 5.97 Å². The van der Waals surface area contributed by atoms with Crippen LogP contribution in [0.25, 0.3) is 0 Å². The highest BCUT2D eigenvalue weighted by Gasteiger charge is 2.43. The predicted molar refractivity (Wildman–Crippen MR) is 74.3 cm³/mol. The number of nitrogens with zero attached hydrogens (tertiary/aromatic N) is 1. The van der Waals surface area contributed by atoms with Crippen LogP contribution in [0.5, 0.6) is 5.75 Å². The number of carboxylic acid groups (broad SMARTS) is 1. The number of benzene rings is 1. The van der Waals surface area contributed by atoms with Gasteiger partial charge in [-0.25, -0.2) is 4.79 Å². The minimum Gasteiger partial charge on any atom is -0.482 e. The van der Waals surface area contributed by atoms with E-state index >= 15 is 0 Å². The maximum absolute atomic E-state index is 10.4. The van der Waals surface area contributed by atoms with Gasteiger partial charge in [-0.15, -0.1) is 0 Å². The Hall–Kier alpha value is -1.75. The Balaban J connectivity index is 1.55. The third-order valence-electron chi connectivity index (χ3n) is 4.17. The van der Waals surface area contributed by atoms with Crippen molar-refractivity contribution in [3.8, 4) is 5.75 Å². The van der Waals surface area contributed by atoms with E-state index < -0.39 is 5.97 Å². The smallest absolute Gasteiger partial charge is 0.341 e. The molecule has 5 heteroatoms. The number of carbonyl (C=O) groups is 1. The lowest BCUT2D eigenvalue weighted by Crippen LogP contribution is -2.58. The molecular weight excluding hydrogens is 258 g/mol. The summed E-state index contributed by atoms with van der Waals surface area (Å²) >= 11 is 0. The van der Waals surface area contributed by atoms with Gasteiger partial charge in [0.2, 0.25) is 0 Å². The second-order valence-corrected chi connectivity index (χ2v) is 5.64. The summed E-state index contributed by atoms with van der Waals surface area (Å²) in [6.07, 6.45) is 2.31. The van der Waals surface area contributed by atoms with Crippen LogP contribution in [-0.2, 0) is 9.53 Å². The van der Waals surface area contributed by atoms with Gasteiger partial charge in [-0.2, -0.15) is 0 Å². The lowest BCUT2D eigenvalue weighted by Gasteiger charge is -2.53. The summed E-state index contributed by atoms with van der Waals surface area (Å²) in [6.45, 7) is 3.65. The minimum atomic E-state index is -0.960. The molecule has 20 heavy (non-hydrogen) atoms. The summed E-state index contributed by atoms with van der Waals surface area (Å²) in [6, 6.07) is 7.63. The van der Waals surface area contributed by atoms with E-state index in [1.807, 2.05) is 24.3 Å². The van der Waals surface area contributed by atoms with E-state index in [9.17, 15) is 4.79 Å². The highest BCUT2D eigenvalue weighted by molar-refractivity contribution is 5.68. The molecule has 0 saturated carbocycles. The average molecular weight is 277 g/mol. The van der Waals surface area contributed by atoms with Gasteiger partial charge in [-0.05, 0) is 37.1 Å². The molecule has 2 saturated heterocycles. The van der Waals surface area contributed by atoms with Gasteiger partial charge in [0, 0.05) is 37.4 Å². The fourth-order valence-electron chi connectivity index (χ4n) is 2.96. The van der Waals surface area contributed by atoms with Crippen LogP contribution < -0.4 is 9.64 Å². The van der Waals surface area contributed by atoms with E-state index in [1.165, 1.54) is 5.69 Å². The summed E-state index contributed by atoms with van der Waals surface area (Å²) in [5, 5.41) is 8.56. The number of hydrogen-bond acceptors (Lipinski definition) is 4. The molecule has 1 N–H and O–H groups in total. The monoisotopic (exact) mass is 277 g/mol. The van der Waals surface area contributed by atoms with Crippen molar-refractivity contribution in [1.82, 2.24) is 0 Å². The molecular formula is C15H19NO4. The maximum Gasteiger partial charge on any atom is 0.341 e. The van der Waals surface area contributed by atoms with Crippen LogP contribution >= 0.6 is 0 Å². The van der Waals surface area contributed by atoms with Crippen molar-refractivity contribution in [1.29, 1.82) is 0 Å². The van der Waals surface area contributed by atoms with Crippen molar-refractivity contribution in [2.45, 2.75) is 12.8 Å². The first-order valence-electron chi connectivity index (χ1n) is 6.94. The van der Waals surface area contributed by atoms with Crippen molar-refractivity contribution >= 4 is 11.7 Å². The van der Waals surface area contributed by atoms with E-state index in [0.29, 0.717) is 11.2 Å². The molecule has 5 nitrogen and oxygen atoms in total. The van der Waals surface area contributed by atoms with Crippen molar-refractivity contribution in [2.75, 3.05) is 37.8 Å². The zero-order valence-corrected chi connectivity index (χ0v) is 11.4. The summed E-state index contributed by atoms with van der Waals surface area (Å²) in [4.78, 5) is 12.8. The maximum atomic E-state index is 10.4. The second kappa shape index (κ2) is 5.32. The molecule has 2 aliphatic rings. The molecule has 2 fully saturated rings. The fourth-order valence-corrected chi connectivity index (χ4v) is 2.96. The zero-order chi connectivity index (χ0) is 14.0. The van der Waals surface area contributed by atoms with Gasteiger partial charge < -0.3 is 19.5 Å². The number of ether oxygens (including phenoxy) is 2. The van der Waals surface area contributed by atoms with Crippen LogP contribution in [0.2, 0.25) is 0 Å². The predicted octanol–water partition coefficient (Wildman–Crippen LogP) is 1.77. The molecule has 0 radical (unpaired) electrons. The first kappa shape index (κ1) is 13.2. The van der Waals surface area contributed by atoms with Crippen LogP contribution in [0.1, 0.15) is 12.8 Å². The van der Waals surface area contributed by atoms with Gasteiger partial charge in [0.15, 0.2) is 6.61 Å². The Morgan fingerprint density at radius 1 is 1.25 bits per heavy atom. The number of anilines is 1. The molecule has 2 aliphatic heterocycles. The Bertz CT molecular complexity index is 471. The van der Waals surface area contributed by atoms with E-state index in [1.54, 1.807) is 0 Å². The number of hydrogen-bond donors (Lipinski definition) is 1. The van der Waals surface area contributed by atoms with Crippen LogP contribution in [0, 0.1) is 5.41 Å². The lowest BCUT2D eigenvalue weighted by atomic mass is 9.73. The number of carboxylic acids is 1. The van der Waals surface area contributed by atoms with Crippen molar-refractivity contribution in [3.05, 3.63) is 24.3 Å². The van der Waals surface area contributed by atoms with Crippen LogP contribution in [0.15, 0.2) is 24.3 Å². The normalized spacial score (nSPS) is 20.5. The standard InChI is InChI=1S/C15H19NO4/c17-14(18)9-20-13-3-1-12(2-4-13)16-10-15(11-16)5-7-19-8-6-15/h1-4H,5-11H2,(H,17,18). The average Bonchev–Trinajstić information content (AvgIpc) is 2.44. The summed E-state index contributed by atoms with van der Waals surface area (Å²) in [5.74, 6) is -0.365. The fraction of sp³-hybridized carbons (Fsp3) is 0.533. The third kappa shape index (κ3) is 2.72. The third-order valence-corrected chi connectivity index (χ3v) is 4.17. The summed E-state index contributed by atoms with van der Waals surface area (Å²) in [5.41, 5.74) is 1.63. The summed E-state index contributed by atoms with van der Waals surface area (Å²) < 4.78 is 10.5. The molecule has 0 unspecified atom stereocenters. The van der Waals surface area contributed by atoms with Gasteiger partial charge in [0.25, 0.3) is 0 Å². The Kier molecular flexibility index (Phi) is 3.53. The van der Waals surface area contributed by atoms with E-state index in [2.05, 4.69) is 4.90 Å². The molecule has 0 bridgehead atoms. The quantitative estimate of drug-likeness (QED) is 0.909. The van der Waals surface area contributed by atoms with Crippen molar-refractivity contribution in [2.24, 2.45) is 5.41 Å². The van der Waals surface area contributed by atoms with E-state index in [4.69, 9.17) is 14.6 Å². The molecule has 0 aromatic heterocycles. The molecule has 1 aromatic rings. The van der Waals surface area contributed by atoms with E-state index in [-0.39, 0.29) is 6.61 Å². The highest BCUT2D eigenvalue weighted by atomic mass is 16.5. The van der Waals surface area contributed by atoms with Gasteiger partial charge in [-0.1, -0.05) is 0 Å². The second-order valence-electron chi connectivity index (χ2n) is 5.64. The molecule has 0 aliphatic carbocycles. The first-order chi connectivity index (χ1) is 9.67. The largest absolute Gasteiger partial charge is 0.482 e. The zero-order valence-electron chi connectivity index (χ0n) is 11.4. The van der Waals surface area contributed by atoms with E-state index in [0.717, 1.165) is 39.1 Å². The molecule has 0 atom stereocenters. The van der Waals surface area contributed by atoms with Gasteiger partial charge in [0.1, 0.15) is 5.75 Å². The number of rotatable bonds is 4. The lowest BCUT2D eigenvalue weighted by molar-refractivity contribution is -0.139. The number of aliphatic carboxylic acids is 1. The van der Waals surface area contributed by atoms with Gasteiger partial charge in [-0.3, -0.25) is 0 Å². The Labute approximate surface area is 118 Å². The van der Waals surface area contributed by atoms with Crippen LogP contribution in [-0.4, -0.2) is 44.0 Å². The highest BCUT2D eigenvalue weighted by Crippen LogP contribution is 2.42. The minimum absolute atomic E-state index is 0.299. The first-order valence-corrected chi connectivity index (χ1v) is 6.94. The SMILES string of the molecule is O=C(O)COc1ccc(N2CC3(CCOCC3)C2)cc1. The molecule has 2 heterocycles. The molecule has 1 spiro atoms. The molecule has 0 amide bonds. The van der Waals surface area contributed by atoms with Crippen LogP contribution in [0.3, 0.4) is 0 Å². The topological polar surface area (TPSA) is 59.0 Å². The van der Waals surface area contributed by atoms with Crippen molar-refractivity contribution < 1.29 is 19.4 Å². The molecule has 108 valence electrons. The molecule has 3 rings (SSSR count).